The molecule has 1 N–H and O–H groups in total. The van der Waals surface area contributed by atoms with Gasteiger partial charge in [-0.2, -0.15) is 9.50 Å². The van der Waals surface area contributed by atoms with E-state index in [4.69, 9.17) is 0 Å². The molecule has 3 aromatic rings. The van der Waals surface area contributed by atoms with Gasteiger partial charge in [0.1, 0.15) is 0 Å². The number of nitrogens with zero attached hydrogens (tertiary/aromatic N) is 5. The van der Waals surface area contributed by atoms with Gasteiger partial charge >= 0.3 is 5.97 Å². The number of carbonyl (C=O) groups excluding carboxylic acids is 1. The van der Waals surface area contributed by atoms with Crippen LogP contribution in [0.25, 0.3) is 5.78 Å². The Labute approximate surface area is 150 Å². The smallest absolute Gasteiger partial charge is 0.316 e. The second-order valence-corrected chi connectivity index (χ2v) is 6.79. The van der Waals surface area contributed by atoms with Crippen LogP contribution in [0.4, 0.5) is 0 Å². The topological polar surface area (TPSA) is 115 Å². The molecular weight excluding hydrogens is 364 g/mol. The van der Waals surface area contributed by atoms with Crippen LogP contribution < -0.4 is 5.56 Å². The number of carbonyl (C=O) groups is 1. The van der Waals surface area contributed by atoms with Gasteiger partial charge in [-0.15, -0.1) is 0 Å². The summed E-state index contributed by atoms with van der Waals surface area (Å²) in [5.74, 6) is 0.423. The predicted octanol–water partition coefficient (Wildman–Crippen LogP) is 1.07. The molecule has 0 aliphatic carbocycles. The zero-order valence-corrected chi connectivity index (χ0v) is 15.1. The van der Waals surface area contributed by atoms with E-state index in [-0.39, 0.29) is 23.1 Å². The maximum atomic E-state index is 12.2. The Morgan fingerprint density at radius 2 is 2.16 bits per heavy atom. The Morgan fingerprint density at radius 1 is 1.32 bits per heavy atom. The molecule has 0 spiro atoms. The summed E-state index contributed by atoms with van der Waals surface area (Å²) in [5, 5.41) is 3.85. The lowest BCUT2D eigenvalue weighted by Gasteiger charge is -2.00. The zero-order valence-electron chi connectivity index (χ0n) is 13.4. The fourth-order valence-electron chi connectivity index (χ4n) is 1.87. The Balaban J connectivity index is 1.76. The van der Waals surface area contributed by atoms with Crippen LogP contribution in [0, 0.1) is 6.92 Å². The molecular formula is C14H14N6O3S2. The quantitative estimate of drug-likeness (QED) is 0.382. The van der Waals surface area contributed by atoms with Gasteiger partial charge in [-0.1, -0.05) is 23.5 Å². The summed E-state index contributed by atoms with van der Waals surface area (Å²) in [4.78, 5) is 40.4. The molecule has 0 fully saturated rings. The van der Waals surface area contributed by atoms with Crippen molar-refractivity contribution in [3.63, 3.8) is 0 Å². The first-order valence-corrected chi connectivity index (χ1v) is 9.13. The van der Waals surface area contributed by atoms with Crippen LogP contribution in [-0.2, 0) is 15.3 Å². The molecule has 3 rings (SSSR count). The highest BCUT2D eigenvalue weighted by Crippen LogP contribution is 2.18. The molecule has 3 heterocycles. The number of aromatic nitrogens is 6. The molecule has 130 valence electrons. The van der Waals surface area contributed by atoms with Crippen molar-refractivity contribution in [2.45, 2.75) is 23.0 Å². The number of ether oxygens (including phenoxy) is 1. The van der Waals surface area contributed by atoms with Gasteiger partial charge in [-0.3, -0.25) is 14.7 Å². The molecule has 25 heavy (non-hydrogen) atoms. The van der Waals surface area contributed by atoms with Crippen LogP contribution in [0.15, 0.2) is 33.4 Å². The third-order valence-electron chi connectivity index (χ3n) is 3.04. The van der Waals surface area contributed by atoms with Crippen molar-refractivity contribution in [1.29, 1.82) is 0 Å². The normalized spacial score (nSPS) is 11.0. The second kappa shape index (κ2) is 7.66. The van der Waals surface area contributed by atoms with E-state index in [1.165, 1.54) is 29.5 Å². The molecule has 0 aliphatic heterocycles. The van der Waals surface area contributed by atoms with Crippen molar-refractivity contribution >= 4 is 35.3 Å². The minimum absolute atomic E-state index is 0.0957. The van der Waals surface area contributed by atoms with Gasteiger partial charge in [-0.25, -0.2) is 15.0 Å². The number of aromatic amines is 1. The van der Waals surface area contributed by atoms with E-state index in [0.29, 0.717) is 21.8 Å². The number of fused-ring (bicyclic) bond motifs is 1. The lowest BCUT2D eigenvalue weighted by molar-refractivity contribution is -0.137. The van der Waals surface area contributed by atoms with Crippen LogP contribution in [0.1, 0.15) is 11.4 Å². The Bertz CT molecular complexity index is 971. The molecule has 11 heteroatoms. The fourth-order valence-corrected chi connectivity index (χ4v) is 3.31. The molecule has 9 nitrogen and oxygen atoms in total. The van der Waals surface area contributed by atoms with Crippen LogP contribution in [0.5, 0.6) is 0 Å². The second-order valence-electron chi connectivity index (χ2n) is 4.88. The third kappa shape index (κ3) is 4.37. The minimum atomic E-state index is -0.374. The van der Waals surface area contributed by atoms with Crippen molar-refractivity contribution in [1.82, 2.24) is 29.5 Å². The predicted molar refractivity (Wildman–Crippen MR) is 92.7 cm³/mol. The van der Waals surface area contributed by atoms with Crippen LogP contribution in [-0.4, -0.2) is 48.4 Å². The summed E-state index contributed by atoms with van der Waals surface area (Å²) in [5.41, 5.74) is 1.18. The van der Waals surface area contributed by atoms with Crippen LogP contribution >= 0.6 is 23.5 Å². The number of hydrogen-bond acceptors (Lipinski definition) is 9. The number of aryl methyl sites for hydroxylation is 1. The fraction of sp³-hybridized carbons (Fsp3) is 0.286. The van der Waals surface area contributed by atoms with E-state index in [2.05, 4.69) is 29.8 Å². The summed E-state index contributed by atoms with van der Waals surface area (Å²) in [6.07, 6.45) is 1.69. The Kier molecular flexibility index (Phi) is 5.34. The molecule has 0 radical (unpaired) electrons. The van der Waals surface area contributed by atoms with Crippen molar-refractivity contribution in [2.24, 2.45) is 0 Å². The monoisotopic (exact) mass is 378 g/mol. The lowest BCUT2D eigenvalue weighted by Crippen LogP contribution is -2.15. The van der Waals surface area contributed by atoms with E-state index in [1.54, 1.807) is 6.20 Å². The maximum absolute atomic E-state index is 12.2. The summed E-state index contributed by atoms with van der Waals surface area (Å²) >= 11 is 2.53. The minimum Gasteiger partial charge on any atom is -0.468 e. The largest absolute Gasteiger partial charge is 0.468 e. The van der Waals surface area contributed by atoms with Gasteiger partial charge in [0.25, 0.3) is 11.3 Å². The van der Waals surface area contributed by atoms with Crippen molar-refractivity contribution in [2.75, 3.05) is 12.9 Å². The molecule has 3 aromatic heterocycles. The van der Waals surface area contributed by atoms with Crippen molar-refractivity contribution in [3.05, 3.63) is 40.1 Å². The first kappa shape index (κ1) is 17.4. The van der Waals surface area contributed by atoms with Crippen LogP contribution in [0.2, 0.25) is 0 Å². The summed E-state index contributed by atoms with van der Waals surface area (Å²) < 4.78 is 5.80. The summed E-state index contributed by atoms with van der Waals surface area (Å²) in [6, 6.07) is 3.25. The Morgan fingerprint density at radius 3 is 2.92 bits per heavy atom. The number of H-pyrrole nitrogens is 1. The summed E-state index contributed by atoms with van der Waals surface area (Å²) in [6.45, 7) is 1.89. The van der Waals surface area contributed by atoms with E-state index in [9.17, 15) is 9.59 Å². The van der Waals surface area contributed by atoms with Gasteiger partial charge in [0, 0.05) is 23.7 Å². The molecule has 0 saturated carbocycles. The van der Waals surface area contributed by atoms with Crippen molar-refractivity contribution in [3.8, 4) is 0 Å². The van der Waals surface area contributed by atoms with Crippen molar-refractivity contribution < 1.29 is 9.53 Å². The average Bonchev–Trinajstić information content (AvgIpc) is 3.01. The molecule has 0 aliphatic rings. The highest BCUT2D eigenvalue weighted by molar-refractivity contribution is 7.99. The molecule has 0 amide bonds. The number of hydrogen-bond donors (Lipinski definition) is 1. The molecule has 0 aromatic carbocycles. The highest BCUT2D eigenvalue weighted by Gasteiger charge is 2.11. The molecule has 0 unspecified atom stereocenters. The average molecular weight is 378 g/mol. The molecule has 0 atom stereocenters. The number of rotatable bonds is 6. The number of esters is 1. The molecule has 0 bridgehead atoms. The first-order valence-electron chi connectivity index (χ1n) is 7.16. The van der Waals surface area contributed by atoms with E-state index < -0.39 is 0 Å². The Hall–Kier alpha value is -2.40. The highest BCUT2D eigenvalue weighted by atomic mass is 32.2. The number of thioether (sulfide) groups is 2. The number of nitrogens with one attached hydrogen (secondary N) is 1. The van der Waals surface area contributed by atoms with Gasteiger partial charge in [0.2, 0.25) is 0 Å². The van der Waals surface area contributed by atoms with Gasteiger partial charge in [0.15, 0.2) is 10.3 Å². The summed E-state index contributed by atoms with van der Waals surface area (Å²) in [7, 11) is 1.31. The maximum Gasteiger partial charge on any atom is 0.316 e. The van der Waals surface area contributed by atoms with E-state index in [0.717, 1.165) is 17.5 Å². The standard InChI is InChI=1S/C14H14N6O3S2/c1-8-3-4-15-13(16-8)24-6-9-5-10(21)20-12(17-9)18-14(19-20)25-7-11(22)23-2/h3-5H,6-7H2,1-2H3,(H,17,18,19). The SMILES string of the molecule is COC(=O)CSc1nc2nc(CSc3nccc(C)n3)cc(=O)n2[nH]1. The number of methoxy groups -OCH3 is 1. The van der Waals surface area contributed by atoms with Crippen LogP contribution in [0.3, 0.4) is 0 Å². The lowest BCUT2D eigenvalue weighted by atomic mass is 10.4. The van der Waals surface area contributed by atoms with Gasteiger partial charge in [0.05, 0.1) is 18.6 Å². The van der Waals surface area contributed by atoms with Gasteiger partial charge in [-0.05, 0) is 13.0 Å². The third-order valence-corrected chi connectivity index (χ3v) is 4.77. The molecule has 0 saturated heterocycles. The zero-order chi connectivity index (χ0) is 17.8. The van der Waals surface area contributed by atoms with E-state index >= 15 is 0 Å². The van der Waals surface area contributed by atoms with Gasteiger partial charge < -0.3 is 4.74 Å². The first-order chi connectivity index (χ1) is 12.0. The van der Waals surface area contributed by atoms with E-state index in [1.807, 2.05) is 13.0 Å².